The Hall–Kier alpha value is -1.63. The van der Waals surface area contributed by atoms with Gasteiger partial charge in [-0.15, -0.1) is 0 Å². The van der Waals surface area contributed by atoms with Gasteiger partial charge in [0.15, 0.2) is 5.60 Å². The fourth-order valence-electron chi connectivity index (χ4n) is 6.23. The SMILES string of the molecule is CCCCCCCCCCCCOC(=O)CC(O)(CC(=O)OCCCCCCCCCCCC)C(=O)OCCCCCCCCCCCC. The summed E-state index contributed by atoms with van der Waals surface area (Å²) in [7, 11) is 0. The third-order valence-electron chi connectivity index (χ3n) is 9.51. The molecule has 0 radical (unpaired) electrons. The van der Waals surface area contributed by atoms with Crippen LogP contribution in [0.4, 0.5) is 0 Å². The first kappa shape index (κ1) is 47.4. The second-order valence-corrected chi connectivity index (χ2v) is 14.5. The maximum absolute atomic E-state index is 13.0. The van der Waals surface area contributed by atoms with Crippen molar-refractivity contribution in [3.05, 3.63) is 0 Å². The molecule has 290 valence electrons. The van der Waals surface area contributed by atoms with Crippen LogP contribution < -0.4 is 0 Å². The van der Waals surface area contributed by atoms with Crippen LogP contribution in [-0.4, -0.2) is 48.4 Å². The first-order valence-corrected chi connectivity index (χ1v) is 21.1. The van der Waals surface area contributed by atoms with Gasteiger partial charge in [0.1, 0.15) is 0 Å². The van der Waals surface area contributed by atoms with Crippen molar-refractivity contribution in [2.75, 3.05) is 19.8 Å². The normalized spacial score (nSPS) is 11.5. The van der Waals surface area contributed by atoms with E-state index in [0.717, 1.165) is 51.4 Å². The van der Waals surface area contributed by atoms with Crippen molar-refractivity contribution in [3.63, 3.8) is 0 Å². The Labute approximate surface area is 302 Å². The number of hydrogen-bond donors (Lipinski definition) is 1. The van der Waals surface area contributed by atoms with E-state index in [1.165, 1.54) is 135 Å². The molecule has 0 saturated carbocycles. The fourth-order valence-corrected chi connectivity index (χ4v) is 6.23. The molecule has 0 heterocycles. The summed E-state index contributed by atoms with van der Waals surface area (Å²) in [4.78, 5) is 38.4. The van der Waals surface area contributed by atoms with E-state index in [0.29, 0.717) is 6.42 Å². The molecule has 0 amide bonds. The molecule has 0 saturated heterocycles. The summed E-state index contributed by atoms with van der Waals surface area (Å²) in [6, 6.07) is 0. The highest BCUT2D eigenvalue weighted by Crippen LogP contribution is 2.21. The van der Waals surface area contributed by atoms with Crippen LogP contribution >= 0.6 is 0 Å². The van der Waals surface area contributed by atoms with E-state index < -0.39 is 36.4 Å². The number of unbranched alkanes of at least 4 members (excludes halogenated alkanes) is 27. The highest BCUT2D eigenvalue weighted by atomic mass is 16.6. The lowest BCUT2D eigenvalue weighted by Gasteiger charge is -2.24. The van der Waals surface area contributed by atoms with Crippen molar-refractivity contribution in [1.82, 2.24) is 0 Å². The second kappa shape index (κ2) is 36.2. The van der Waals surface area contributed by atoms with Gasteiger partial charge in [0.2, 0.25) is 0 Å². The van der Waals surface area contributed by atoms with E-state index in [1.54, 1.807) is 0 Å². The number of rotatable bonds is 38. The van der Waals surface area contributed by atoms with Gasteiger partial charge in [-0.05, 0) is 19.3 Å². The summed E-state index contributed by atoms with van der Waals surface area (Å²) in [5.41, 5.74) is -2.29. The lowest BCUT2D eigenvalue weighted by atomic mass is 9.95. The third-order valence-corrected chi connectivity index (χ3v) is 9.51. The van der Waals surface area contributed by atoms with Gasteiger partial charge in [-0.25, -0.2) is 4.79 Å². The Morgan fingerprint density at radius 2 is 0.592 bits per heavy atom. The molecular weight excluding hydrogens is 616 g/mol. The zero-order valence-electron chi connectivity index (χ0n) is 32.6. The van der Waals surface area contributed by atoms with Crippen molar-refractivity contribution in [3.8, 4) is 0 Å². The molecule has 49 heavy (non-hydrogen) atoms. The lowest BCUT2D eigenvalue weighted by molar-refractivity contribution is -0.178. The molecule has 0 fully saturated rings. The van der Waals surface area contributed by atoms with Gasteiger partial charge in [-0.1, -0.05) is 194 Å². The van der Waals surface area contributed by atoms with E-state index >= 15 is 0 Å². The second-order valence-electron chi connectivity index (χ2n) is 14.5. The molecular formula is C42H80O7. The van der Waals surface area contributed by atoms with Crippen LogP contribution in [-0.2, 0) is 28.6 Å². The molecule has 0 aliphatic rings. The Balaban J connectivity index is 4.53. The van der Waals surface area contributed by atoms with Crippen LogP contribution in [0.5, 0.6) is 0 Å². The first-order valence-electron chi connectivity index (χ1n) is 21.1. The smallest absolute Gasteiger partial charge is 0.339 e. The quantitative estimate of drug-likeness (QED) is 0.0389. The Morgan fingerprint density at radius 3 is 0.857 bits per heavy atom. The Kier molecular flexibility index (Phi) is 35.0. The predicted molar refractivity (Wildman–Crippen MR) is 203 cm³/mol. The van der Waals surface area contributed by atoms with Gasteiger partial charge in [-0.2, -0.15) is 0 Å². The molecule has 0 aliphatic heterocycles. The molecule has 1 N–H and O–H groups in total. The standard InChI is InChI=1S/C42H80O7/c1-4-7-10-13-16-19-22-25-28-31-34-47-39(43)37-42(46,41(45)49-36-33-30-27-24-21-18-15-12-9-6-3)38-40(44)48-35-32-29-26-23-20-17-14-11-8-5-2/h46H,4-38H2,1-3H3. The van der Waals surface area contributed by atoms with Crippen LogP contribution in [0.25, 0.3) is 0 Å². The monoisotopic (exact) mass is 697 g/mol. The molecule has 0 rings (SSSR count). The zero-order valence-corrected chi connectivity index (χ0v) is 32.6. The van der Waals surface area contributed by atoms with Gasteiger partial charge < -0.3 is 19.3 Å². The minimum absolute atomic E-state index is 0.152. The molecule has 0 unspecified atom stereocenters. The van der Waals surface area contributed by atoms with Crippen molar-refractivity contribution >= 4 is 17.9 Å². The number of carbonyl (C=O) groups excluding carboxylic acids is 3. The minimum atomic E-state index is -2.29. The van der Waals surface area contributed by atoms with Crippen molar-refractivity contribution < 1.29 is 33.7 Å². The van der Waals surface area contributed by atoms with Crippen LogP contribution in [0, 0.1) is 0 Å². The average molecular weight is 697 g/mol. The highest BCUT2D eigenvalue weighted by Gasteiger charge is 2.43. The van der Waals surface area contributed by atoms with Crippen LogP contribution in [0.15, 0.2) is 0 Å². The molecule has 0 aliphatic carbocycles. The molecule has 0 atom stereocenters. The van der Waals surface area contributed by atoms with E-state index in [9.17, 15) is 19.5 Å². The molecule has 0 bridgehead atoms. The number of hydrogen-bond acceptors (Lipinski definition) is 7. The lowest BCUT2D eigenvalue weighted by Crippen LogP contribution is -2.45. The minimum Gasteiger partial charge on any atom is -0.466 e. The van der Waals surface area contributed by atoms with Gasteiger partial charge in [0.25, 0.3) is 0 Å². The van der Waals surface area contributed by atoms with E-state index in [1.807, 2.05) is 0 Å². The summed E-state index contributed by atoms with van der Waals surface area (Å²) >= 11 is 0. The number of ether oxygens (including phenoxy) is 3. The van der Waals surface area contributed by atoms with Crippen molar-refractivity contribution in [2.45, 2.75) is 232 Å². The number of esters is 3. The maximum atomic E-state index is 13.0. The van der Waals surface area contributed by atoms with E-state index in [2.05, 4.69) is 20.8 Å². The van der Waals surface area contributed by atoms with Crippen LogP contribution in [0.3, 0.4) is 0 Å². The summed E-state index contributed by atoms with van der Waals surface area (Å²) < 4.78 is 16.1. The van der Waals surface area contributed by atoms with Gasteiger partial charge in [0.05, 0.1) is 32.7 Å². The number of carbonyl (C=O) groups is 3. The van der Waals surface area contributed by atoms with Gasteiger partial charge >= 0.3 is 17.9 Å². The van der Waals surface area contributed by atoms with Crippen LogP contribution in [0.1, 0.15) is 226 Å². The molecule has 7 nitrogen and oxygen atoms in total. The summed E-state index contributed by atoms with van der Waals surface area (Å²) in [5, 5.41) is 11.3. The average Bonchev–Trinajstić information content (AvgIpc) is 3.08. The number of aliphatic hydroxyl groups is 1. The van der Waals surface area contributed by atoms with Crippen LogP contribution in [0.2, 0.25) is 0 Å². The predicted octanol–water partition coefficient (Wildman–Crippen LogP) is 11.9. The van der Waals surface area contributed by atoms with Gasteiger partial charge in [0, 0.05) is 0 Å². The Morgan fingerprint density at radius 1 is 0.367 bits per heavy atom. The topological polar surface area (TPSA) is 99.1 Å². The largest absolute Gasteiger partial charge is 0.466 e. The summed E-state index contributed by atoms with van der Waals surface area (Å²) in [5.74, 6) is -2.34. The maximum Gasteiger partial charge on any atom is 0.339 e. The van der Waals surface area contributed by atoms with E-state index in [4.69, 9.17) is 14.2 Å². The molecule has 0 aromatic rings. The van der Waals surface area contributed by atoms with Crippen molar-refractivity contribution in [1.29, 1.82) is 0 Å². The first-order chi connectivity index (χ1) is 23.9. The Bertz CT molecular complexity index is 713. The zero-order chi connectivity index (χ0) is 36.1. The fraction of sp³-hybridized carbons (Fsp3) is 0.929. The molecule has 7 heteroatoms. The summed E-state index contributed by atoms with van der Waals surface area (Å²) in [6.07, 6.45) is 33.8. The molecule has 0 aromatic carbocycles. The molecule has 0 spiro atoms. The summed E-state index contributed by atoms with van der Waals surface area (Å²) in [6.45, 7) is 7.31. The highest BCUT2D eigenvalue weighted by molar-refractivity contribution is 5.90. The molecule has 0 aromatic heterocycles. The van der Waals surface area contributed by atoms with Gasteiger partial charge in [-0.3, -0.25) is 9.59 Å². The van der Waals surface area contributed by atoms with Crippen molar-refractivity contribution in [2.24, 2.45) is 0 Å². The third kappa shape index (κ3) is 32.0. The van der Waals surface area contributed by atoms with E-state index in [-0.39, 0.29) is 19.8 Å².